The van der Waals surface area contributed by atoms with E-state index in [9.17, 15) is 9.59 Å². The fraction of sp³-hybridized carbons (Fsp3) is 0.562. The Morgan fingerprint density at radius 1 is 1.32 bits per heavy atom. The van der Waals surface area contributed by atoms with Crippen LogP contribution < -0.4 is 5.32 Å². The molecule has 0 aliphatic carbocycles. The van der Waals surface area contributed by atoms with Gasteiger partial charge in [0.05, 0.1) is 17.6 Å². The first-order valence-corrected chi connectivity index (χ1v) is 8.49. The van der Waals surface area contributed by atoms with Gasteiger partial charge in [-0.25, -0.2) is 9.67 Å². The Hall–Kier alpha value is -2.55. The van der Waals surface area contributed by atoms with Gasteiger partial charge in [0, 0.05) is 39.9 Å². The minimum atomic E-state index is -0.176. The van der Waals surface area contributed by atoms with Crippen LogP contribution in [0, 0.1) is 0 Å². The average molecular weight is 343 g/mol. The van der Waals surface area contributed by atoms with Crippen molar-refractivity contribution in [1.82, 2.24) is 35.1 Å². The summed E-state index contributed by atoms with van der Waals surface area (Å²) < 4.78 is 1.54. The fourth-order valence-corrected chi connectivity index (χ4v) is 3.59. The second-order valence-electron chi connectivity index (χ2n) is 6.79. The molecule has 0 spiro atoms. The lowest BCUT2D eigenvalue weighted by Gasteiger charge is -2.46. The molecule has 2 aliphatic rings. The van der Waals surface area contributed by atoms with Gasteiger partial charge >= 0.3 is 0 Å². The highest BCUT2D eigenvalue weighted by Gasteiger charge is 2.39. The molecular weight excluding hydrogens is 322 g/mol. The molecule has 2 aliphatic heterocycles. The van der Waals surface area contributed by atoms with Crippen molar-refractivity contribution in [3.8, 4) is 0 Å². The highest BCUT2D eigenvalue weighted by atomic mass is 16.2. The van der Waals surface area contributed by atoms with Crippen LogP contribution in [0.15, 0.2) is 12.3 Å². The van der Waals surface area contributed by atoms with E-state index in [0.29, 0.717) is 29.8 Å². The van der Waals surface area contributed by atoms with E-state index in [1.807, 2.05) is 7.05 Å². The number of pyridine rings is 1. The molecule has 2 amide bonds. The molecule has 2 fully saturated rings. The molecule has 132 valence electrons. The zero-order chi connectivity index (χ0) is 17.6. The monoisotopic (exact) mass is 343 g/mol. The number of rotatable bonds is 3. The number of nitrogens with one attached hydrogen (secondary N) is 1. The maximum atomic E-state index is 12.6. The van der Waals surface area contributed by atoms with Crippen molar-refractivity contribution >= 4 is 23.0 Å². The predicted molar refractivity (Wildman–Crippen MR) is 89.8 cm³/mol. The number of carbonyl (C=O) groups excluding carboxylic acids is 2. The molecule has 1 unspecified atom stereocenters. The van der Waals surface area contributed by atoms with Gasteiger partial charge in [0.2, 0.25) is 5.91 Å². The Labute approximate surface area is 145 Å². The van der Waals surface area contributed by atoms with E-state index in [2.05, 4.69) is 25.5 Å². The summed E-state index contributed by atoms with van der Waals surface area (Å²) in [6.45, 7) is 2.23. The SMILES string of the molecule is CN1CCCC(N2CC(NC(=O)c3ccnc4c3nnn4C)C2)C1=O. The zero-order valence-electron chi connectivity index (χ0n) is 14.3. The minimum Gasteiger partial charge on any atom is -0.347 e. The molecule has 0 radical (unpaired) electrons. The first kappa shape index (κ1) is 15.9. The van der Waals surface area contributed by atoms with Crippen LogP contribution in [0.1, 0.15) is 23.2 Å². The number of likely N-dealkylation sites (tertiary alicyclic amines) is 2. The number of nitrogens with zero attached hydrogens (tertiary/aromatic N) is 6. The van der Waals surface area contributed by atoms with Crippen LogP contribution in [0.4, 0.5) is 0 Å². The van der Waals surface area contributed by atoms with Gasteiger partial charge in [0.15, 0.2) is 5.65 Å². The van der Waals surface area contributed by atoms with E-state index in [0.717, 1.165) is 19.4 Å². The molecule has 1 N–H and O–H groups in total. The number of piperidine rings is 1. The third-order valence-corrected chi connectivity index (χ3v) is 5.05. The van der Waals surface area contributed by atoms with E-state index in [-0.39, 0.29) is 23.9 Å². The summed E-state index contributed by atoms with van der Waals surface area (Å²) in [7, 11) is 3.59. The summed E-state index contributed by atoms with van der Waals surface area (Å²) in [5, 5.41) is 11.0. The lowest BCUT2D eigenvalue weighted by molar-refractivity contribution is -0.141. The van der Waals surface area contributed by atoms with Gasteiger partial charge in [-0.2, -0.15) is 0 Å². The topological polar surface area (TPSA) is 96.2 Å². The number of amides is 2. The van der Waals surface area contributed by atoms with Crippen LogP contribution in [-0.4, -0.2) is 80.4 Å². The van der Waals surface area contributed by atoms with E-state index < -0.39 is 0 Å². The average Bonchev–Trinajstić information content (AvgIpc) is 2.95. The highest BCUT2D eigenvalue weighted by molar-refractivity contribution is 6.04. The van der Waals surface area contributed by atoms with E-state index in [1.165, 1.54) is 0 Å². The van der Waals surface area contributed by atoms with Gasteiger partial charge in [-0.05, 0) is 18.9 Å². The Morgan fingerprint density at radius 3 is 2.92 bits per heavy atom. The maximum Gasteiger partial charge on any atom is 0.254 e. The third-order valence-electron chi connectivity index (χ3n) is 5.05. The second-order valence-corrected chi connectivity index (χ2v) is 6.79. The number of likely N-dealkylation sites (N-methyl/N-ethyl adjacent to an activating group) is 1. The van der Waals surface area contributed by atoms with Crippen LogP contribution in [0.3, 0.4) is 0 Å². The van der Waals surface area contributed by atoms with Crippen molar-refractivity contribution in [1.29, 1.82) is 0 Å². The van der Waals surface area contributed by atoms with Crippen LogP contribution in [0.2, 0.25) is 0 Å². The smallest absolute Gasteiger partial charge is 0.254 e. The van der Waals surface area contributed by atoms with Gasteiger partial charge in [-0.3, -0.25) is 14.5 Å². The highest BCUT2D eigenvalue weighted by Crippen LogP contribution is 2.22. The molecule has 0 bridgehead atoms. The fourth-order valence-electron chi connectivity index (χ4n) is 3.59. The van der Waals surface area contributed by atoms with Gasteiger partial charge in [-0.15, -0.1) is 5.10 Å². The Kier molecular flexibility index (Phi) is 3.87. The molecule has 0 aromatic carbocycles. The first-order valence-electron chi connectivity index (χ1n) is 8.49. The minimum absolute atomic E-state index is 0.0421. The van der Waals surface area contributed by atoms with Crippen LogP contribution >= 0.6 is 0 Å². The van der Waals surface area contributed by atoms with Crippen molar-refractivity contribution in [3.05, 3.63) is 17.8 Å². The largest absolute Gasteiger partial charge is 0.347 e. The number of fused-ring (bicyclic) bond motifs is 1. The van der Waals surface area contributed by atoms with Crippen molar-refractivity contribution < 1.29 is 9.59 Å². The van der Waals surface area contributed by atoms with Crippen molar-refractivity contribution in [2.75, 3.05) is 26.7 Å². The summed E-state index contributed by atoms with van der Waals surface area (Å²) in [4.78, 5) is 32.9. The summed E-state index contributed by atoms with van der Waals surface area (Å²) in [6, 6.07) is 1.66. The van der Waals surface area contributed by atoms with E-state index in [1.54, 1.807) is 28.9 Å². The maximum absolute atomic E-state index is 12.6. The molecule has 2 aromatic rings. The van der Waals surface area contributed by atoms with Crippen LogP contribution in [-0.2, 0) is 11.8 Å². The van der Waals surface area contributed by atoms with E-state index in [4.69, 9.17) is 0 Å². The Bertz CT molecular complexity index is 827. The van der Waals surface area contributed by atoms with Gasteiger partial charge in [0.25, 0.3) is 5.91 Å². The second kappa shape index (κ2) is 6.07. The number of hydrogen-bond donors (Lipinski definition) is 1. The molecular formula is C16H21N7O2. The Balaban J connectivity index is 1.39. The lowest BCUT2D eigenvalue weighted by Crippen LogP contribution is -2.65. The number of hydrogen-bond acceptors (Lipinski definition) is 6. The van der Waals surface area contributed by atoms with Crippen molar-refractivity contribution in [2.45, 2.75) is 24.9 Å². The molecule has 4 rings (SSSR count). The van der Waals surface area contributed by atoms with Crippen LogP contribution in [0.5, 0.6) is 0 Å². The quantitative estimate of drug-likeness (QED) is 0.799. The first-order chi connectivity index (χ1) is 12.0. The van der Waals surface area contributed by atoms with Gasteiger partial charge in [0.1, 0.15) is 5.52 Å². The summed E-state index contributed by atoms with van der Waals surface area (Å²) in [6.07, 6.45) is 3.51. The number of aromatic nitrogens is 4. The van der Waals surface area contributed by atoms with Crippen molar-refractivity contribution in [3.63, 3.8) is 0 Å². The Morgan fingerprint density at radius 2 is 2.12 bits per heavy atom. The summed E-state index contributed by atoms with van der Waals surface area (Å²) >= 11 is 0. The van der Waals surface area contributed by atoms with Gasteiger partial charge in [-0.1, -0.05) is 5.21 Å². The molecule has 2 aromatic heterocycles. The summed E-state index contributed by atoms with van der Waals surface area (Å²) in [5.41, 5.74) is 1.56. The molecule has 9 heteroatoms. The molecule has 25 heavy (non-hydrogen) atoms. The molecule has 0 saturated carbocycles. The van der Waals surface area contributed by atoms with E-state index >= 15 is 0 Å². The molecule has 2 saturated heterocycles. The number of aryl methyl sites for hydroxylation is 1. The standard InChI is InChI=1S/C16H21N7O2/c1-21-7-3-4-12(16(21)25)23-8-10(9-23)18-15(24)11-5-6-17-14-13(11)19-20-22(14)2/h5-6,10,12H,3-4,7-9H2,1-2H3,(H,18,24). The predicted octanol–water partition coefficient (Wildman–Crippen LogP) is -0.602. The zero-order valence-corrected chi connectivity index (χ0v) is 14.3. The van der Waals surface area contributed by atoms with Crippen molar-refractivity contribution in [2.24, 2.45) is 7.05 Å². The molecule has 9 nitrogen and oxygen atoms in total. The van der Waals surface area contributed by atoms with Crippen LogP contribution in [0.25, 0.3) is 11.2 Å². The normalized spacial score (nSPS) is 22.2. The third kappa shape index (κ3) is 2.74. The molecule has 4 heterocycles. The molecule has 1 atom stereocenters. The number of carbonyl (C=O) groups is 2. The lowest BCUT2D eigenvalue weighted by atomic mass is 9.97. The van der Waals surface area contributed by atoms with Gasteiger partial charge < -0.3 is 10.2 Å². The summed E-state index contributed by atoms with van der Waals surface area (Å²) in [5.74, 6) is 0.0102.